The van der Waals surface area contributed by atoms with Gasteiger partial charge in [-0.05, 0) is 11.8 Å². The van der Waals surface area contributed by atoms with Crippen LogP contribution in [0, 0.1) is 0 Å². The summed E-state index contributed by atoms with van der Waals surface area (Å²) in [5, 5.41) is 0. The predicted molar refractivity (Wildman–Crippen MR) is 155 cm³/mol. The van der Waals surface area contributed by atoms with E-state index < -0.39 is 81.5 Å². The minimum atomic E-state index is -4.46. The lowest BCUT2D eigenvalue weighted by molar-refractivity contribution is -0.0584. The van der Waals surface area contributed by atoms with E-state index in [9.17, 15) is 14.3 Å². The normalized spacial score (nSPS) is 37.7. The quantitative estimate of drug-likeness (QED) is 0.142. The van der Waals surface area contributed by atoms with Gasteiger partial charge in [0.05, 0.1) is 25.9 Å². The van der Waals surface area contributed by atoms with Gasteiger partial charge in [-0.15, -0.1) is 0 Å². The van der Waals surface area contributed by atoms with Gasteiger partial charge in [0.25, 0.3) is 5.56 Å². The molecule has 3 fully saturated rings. The Bertz CT molecular complexity index is 1950. The first-order chi connectivity index (χ1) is 21.3. The van der Waals surface area contributed by atoms with Crippen LogP contribution in [0.5, 0.6) is 0 Å². The number of ether oxygens (including phenoxy) is 2. The van der Waals surface area contributed by atoms with Crippen molar-refractivity contribution in [2.45, 2.75) is 49.2 Å². The Hall–Kier alpha value is -2.69. The van der Waals surface area contributed by atoms with E-state index in [0.29, 0.717) is 0 Å². The zero-order chi connectivity index (χ0) is 31.8. The van der Waals surface area contributed by atoms with Crippen LogP contribution in [0.3, 0.4) is 0 Å². The van der Waals surface area contributed by atoms with E-state index in [2.05, 4.69) is 42.2 Å². The molecule has 25 heteroatoms. The molecule has 0 saturated carbocycles. The molecular formula is C20H22F2N10O9P2S2. The lowest BCUT2D eigenvalue weighted by Crippen LogP contribution is -2.34. The number of aromatic nitrogens is 8. The Labute approximate surface area is 259 Å². The van der Waals surface area contributed by atoms with E-state index in [1.165, 1.54) is 10.9 Å². The molecule has 4 aromatic rings. The average molecular weight is 711 g/mol. The van der Waals surface area contributed by atoms with Crippen LogP contribution in [0.2, 0.25) is 0 Å². The van der Waals surface area contributed by atoms with Crippen LogP contribution in [0.25, 0.3) is 22.3 Å². The minimum absolute atomic E-state index is 0.0436. The number of alkyl halides is 2. The number of nitrogens with zero attached hydrogens (tertiary/aromatic N) is 7. The van der Waals surface area contributed by atoms with E-state index in [4.69, 9.17) is 50.8 Å². The summed E-state index contributed by atoms with van der Waals surface area (Å²) < 4.78 is 81.0. The number of thiol groups is 1. The third-order valence-electron chi connectivity index (χ3n) is 7.23. The molecule has 3 aliphatic rings. The molecule has 10 atom stereocenters. The third-order valence-corrected chi connectivity index (χ3v) is 10.4. The molecule has 7 rings (SSSR count). The van der Waals surface area contributed by atoms with E-state index in [0.717, 1.165) is 17.2 Å². The molecule has 3 saturated heterocycles. The van der Waals surface area contributed by atoms with Crippen LogP contribution >= 0.6 is 25.8 Å². The molecule has 4 aromatic heterocycles. The van der Waals surface area contributed by atoms with Crippen molar-refractivity contribution >= 4 is 71.7 Å². The highest BCUT2D eigenvalue weighted by atomic mass is 32.7. The standard InChI is InChI=1S/C20H22F2N10O9P2S2/c21-8-6-1-36-42(34,44)40-12-7(39-18(9(12)22)32-5-28-11-16(32)29-20(24)30-17(11)33)2-37-43(35,45)41-13(8)19(38-6)31-4-27-10-14(23)25-3-26-15(10)31/h3-9,12-13,18-19H,1-2H2,(H,34,44)(H,35,45)(H2,23,25,26)(H3,24,29,30,33)/t6-,7?,8-,9-,12-,13-,18-,19-,42?,43?/m1/s1. The summed E-state index contributed by atoms with van der Waals surface area (Å²) in [7, 11) is 0. The lowest BCUT2D eigenvalue weighted by atomic mass is 10.1. The summed E-state index contributed by atoms with van der Waals surface area (Å²) in [4.78, 5) is 45.6. The van der Waals surface area contributed by atoms with Gasteiger partial charge in [0, 0.05) is 0 Å². The molecular weight excluding hydrogens is 688 g/mol. The maximum atomic E-state index is 16.0. The van der Waals surface area contributed by atoms with Crippen molar-refractivity contribution in [3.8, 4) is 0 Å². The summed E-state index contributed by atoms with van der Waals surface area (Å²) in [6.45, 7) is -10.2. The van der Waals surface area contributed by atoms with Crippen molar-refractivity contribution < 1.29 is 45.8 Å². The highest BCUT2D eigenvalue weighted by molar-refractivity contribution is 8.44. The van der Waals surface area contributed by atoms with Gasteiger partial charge in [0.2, 0.25) is 5.95 Å². The van der Waals surface area contributed by atoms with Gasteiger partial charge < -0.3 is 30.4 Å². The number of nitrogens with one attached hydrogen (secondary N) is 1. The van der Waals surface area contributed by atoms with Crippen LogP contribution in [-0.2, 0) is 43.9 Å². The number of anilines is 2. The van der Waals surface area contributed by atoms with Gasteiger partial charge in [0.15, 0.2) is 47.4 Å². The van der Waals surface area contributed by atoms with Crippen molar-refractivity contribution in [1.29, 1.82) is 0 Å². The SMILES string of the molecule is Nc1nc2c(ncn2[C@@H]2OC3COP(O)(=S)O[C@@H]4[C@H](F)[C@@H](COP(=O)(S)O[C@H]3[C@H]2F)O[C@H]4n2cnc3c(N)ncnc32)c(=O)[nH]1. The van der Waals surface area contributed by atoms with Crippen LogP contribution in [0.4, 0.5) is 20.5 Å². The minimum Gasteiger partial charge on any atom is -0.382 e. The van der Waals surface area contributed by atoms with Gasteiger partial charge in [-0.25, -0.2) is 33.3 Å². The lowest BCUT2D eigenvalue weighted by Gasteiger charge is -2.27. The molecule has 242 valence electrons. The van der Waals surface area contributed by atoms with Crippen molar-refractivity contribution in [2.24, 2.45) is 0 Å². The van der Waals surface area contributed by atoms with E-state index in [1.807, 2.05) is 0 Å². The summed E-state index contributed by atoms with van der Waals surface area (Å²) in [6, 6.07) is 0. The fourth-order valence-electron chi connectivity index (χ4n) is 5.23. The summed E-state index contributed by atoms with van der Waals surface area (Å²) >= 11 is 9.12. The fraction of sp³-hybridized carbons (Fsp3) is 0.500. The molecule has 3 unspecified atom stereocenters. The third kappa shape index (κ3) is 5.54. The van der Waals surface area contributed by atoms with Crippen molar-refractivity contribution in [3.05, 3.63) is 29.3 Å². The van der Waals surface area contributed by atoms with Gasteiger partial charge in [0.1, 0.15) is 36.3 Å². The molecule has 3 aliphatic heterocycles. The Balaban J connectivity index is 1.21. The van der Waals surface area contributed by atoms with E-state index >= 15 is 8.78 Å². The maximum Gasteiger partial charge on any atom is 0.386 e. The van der Waals surface area contributed by atoms with Crippen molar-refractivity contribution in [1.82, 2.24) is 39.0 Å². The van der Waals surface area contributed by atoms with Crippen LogP contribution in [-0.4, -0.2) is 93.9 Å². The smallest absolute Gasteiger partial charge is 0.382 e. The number of rotatable bonds is 2. The predicted octanol–water partition coefficient (Wildman–Crippen LogP) is 0.667. The van der Waals surface area contributed by atoms with Gasteiger partial charge in [-0.3, -0.25) is 32.5 Å². The first kappa shape index (κ1) is 30.9. The van der Waals surface area contributed by atoms with Gasteiger partial charge in [-0.2, -0.15) is 4.98 Å². The first-order valence-corrected chi connectivity index (χ1v) is 18.2. The molecule has 0 aromatic carbocycles. The van der Waals surface area contributed by atoms with Gasteiger partial charge in [-0.1, -0.05) is 12.2 Å². The molecule has 19 nitrogen and oxygen atoms in total. The van der Waals surface area contributed by atoms with E-state index in [1.54, 1.807) is 0 Å². The number of halogens is 2. The number of hydrogen-bond donors (Lipinski definition) is 5. The molecule has 0 spiro atoms. The van der Waals surface area contributed by atoms with Crippen molar-refractivity contribution in [2.75, 3.05) is 24.7 Å². The Kier molecular flexibility index (Phi) is 7.72. The second-order valence-corrected chi connectivity index (χ2v) is 15.7. The highest BCUT2D eigenvalue weighted by Gasteiger charge is 2.54. The topological polar surface area (TPSA) is 252 Å². The second-order valence-electron chi connectivity index (χ2n) is 10.0. The summed E-state index contributed by atoms with van der Waals surface area (Å²) in [5.74, 6) is -0.223. The van der Waals surface area contributed by atoms with Crippen LogP contribution in [0.15, 0.2) is 23.8 Å². The molecule has 6 N–H and O–H groups in total. The molecule has 7 heterocycles. The molecule has 2 bridgehead atoms. The number of fused-ring (bicyclic) bond motifs is 5. The maximum absolute atomic E-state index is 16.0. The molecule has 0 aliphatic carbocycles. The van der Waals surface area contributed by atoms with Crippen LogP contribution in [0.1, 0.15) is 12.5 Å². The number of nitrogens with two attached hydrogens (primary N) is 2. The Morgan fingerprint density at radius 2 is 1.64 bits per heavy atom. The average Bonchev–Trinajstić information content (AvgIpc) is 3.72. The monoisotopic (exact) mass is 710 g/mol. The summed E-state index contributed by atoms with van der Waals surface area (Å²) in [6.07, 6.45) is -9.81. The number of aromatic amines is 1. The second kappa shape index (κ2) is 11.2. The largest absolute Gasteiger partial charge is 0.386 e. The number of nitrogen functional groups attached to an aromatic ring is 2. The summed E-state index contributed by atoms with van der Waals surface area (Å²) in [5.41, 5.74) is 10.9. The Morgan fingerprint density at radius 1 is 0.956 bits per heavy atom. The Morgan fingerprint density at radius 3 is 2.42 bits per heavy atom. The zero-order valence-electron chi connectivity index (χ0n) is 22.3. The fourth-order valence-corrected chi connectivity index (χ4v) is 8.12. The van der Waals surface area contributed by atoms with Gasteiger partial charge >= 0.3 is 13.5 Å². The van der Waals surface area contributed by atoms with Crippen molar-refractivity contribution in [3.63, 3.8) is 0 Å². The molecule has 45 heavy (non-hydrogen) atoms. The zero-order valence-corrected chi connectivity index (χ0v) is 25.8. The highest BCUT2D eigenvalue weighted by Crippen LogP contribution is 2.58. The first-order valence-electron chi connectivity index (χ1n) is 12.9. The number of H-pyrrole nitrogens is 1. The molecule has 0 amide bonds. The number of imidazole rings is 2. The molecule has 0 radical (unpaired) electrons. The van der Waals surface area contributed by atoms with E-state index in [-0.39, 0.29) is 34.1 Å². The van der Waals surface area contributed by atoms with Crippen LogP contribution < -0.4 is 17.0 Å². The number of hydrogen-bond acceptors (Lipinski definition) is 16.